The van der Waals surface area contributed by atoms with E-state index in [1.807, 2.05) is 0 Å². The van der Waals surface area contributed by atoms with Gasteiger partial charge in [0.2, 0.25) is 5.91 Å². The van der Waals surface area contributed by atoms with E-state index < -0.39 is 35.0 Å². The molecule has 2 aromatic rings. The second kappa shape index (κ2) is 7.64. The molecule has 0 atom stereocenters. The summed E-state index contributed by atoms with van der Waals surface area (Å²) in [6, 6.07) is 8.93. The van der Waals surface area contributed by atoms with Crippen LogP contribution in [0.1, 0.15) is 15.9 Å². The number of benzene rings is 2. The third-order valence-corrected chi connectivity index (χ3v) is 3.20. The van der Waals surface area contributed by atoms with Crippen molar-refractivity contribution < 1.29 is 27.7 Å². The Morgan fingerprint density at radius 3 is 2.42 bits per heavy atom. The Kier molecular flexibility index (Phi) is 5.55. The molecule has 2 rings (SSSR count). The third-order valence-electron chi connectivity index (χ3n) is 3.20. The summed E-state index contributed by atoms with van der Waals surface area (Å²) in [6.45, 7) is -0.516. The first kappa shape index (κ1) is 18.9. The minimum Gasteiger partial charge on any atom is -0.343 e. The van der Waals surface area contributed by atoms with Gasteiger partial charge in [-0.3, -0.25) is 19.7 Å². The van der Waals surface area contributed by atoms with E-state index in [1.54, 1.807) is 0 Å². The van der Waals surface area contributed by atoms with E-state index in [2.05, 4.69) is 10.6 Å². The van der Waals surface area contributed by atoms with Gasteiger partial charge in [-0.15, -0.1) is 0 Å². The predicted molar refractivity (Wildman–Crippen MR) is 85.5 cm³/mol. The molecule has 0 heterocycles. The average molecular weight is 367 g/mol. The second-order valence-electron chi connectivity index (χ2n) is 5.12. The standard InChI is InChI=1S/C16H12F3N3O4/c17-16(18,19)11-4-2-5-12(8-11)21-14(23)9-20-15(24)10-3-1-6-13(7-10)22(25)26/h1-8H,9H2,(H,20,24)(H,21,23). The van der Waals surface area contributed by atoms with Crippen LogP contribution in [0.2, 0.25) is 0 Å². The molecule has 0 bridgehead atoms. The molecule has 2 amide bonds. The van der Waals surface area contributed by atoms with Crippen LogP contribution in [0.4, 0.5) is 24.5 Å². The smallest absolute Gasteiger partial charge is 0.343 e. The van der Waals surface area contributed by atoms with E-state index in [1.165, 1.54) is 24.3 Å². The highest BCUT2D eigenvalue weighted by Crippen LogP contribution is 2.30. The van der Waals surface area contributed by atoms with Crippen LogP contribution in [0.5, 0.6) is 0 Å². The first-order valence-electron chi connectivity index (χ1n) is 7.16. The van der Waals surface area contributed by atoms with Crippen molar-refractivity contribution in [1.29, 1.82) is 0 Å². The molecule has 7 nitrogen and oxygen atoms in total. The Labute approximate surface area is 145 Å². The molecule has 10 heteroatoms. The maximum Gasteiger partial charge on any atom is 0.416 e. The van der Waals surface area contributed by atoms with Gasteiger partial charge in [0.15, 0.2) is 0 Å². The number of carbonyl (C=O) groups is 2. The minimum atomic E-state index is -4.54. The van der Waals surface area contributed by atoms with Gasteiger partial charge in [-0.1, -0.05) is 12.1 Å². The molecule has 2 aromatic carbocycles. The van der Waals surface area contributed by atoms with Gasteiger partial charge in [-0.2, -0.15) is 13.2 Å². The maximum absolute atomic E-state index is 12.6. The molecular weight excluding hydrogens is 355 g/mol. The van der Waals surface area contributed by atoms with Crippen molar-refractivity contribution in [3.63, 3.8) is 0 Å². The molecule has 0 aromatic heterocycles. The van der Waals surface area contributed by atoms with Crippen molar-refractivity contribution in [2.24, 2.45) is 0 Å². The number of anilines is 1. The number of alkyl halides is 3. The molecule has 0 radical (unpaired) electrons. The highest BCUT2D eigenvalue weighted by atomic mass is 19.4. The lowest BCUT2D eigenvalue weighted by Gasteiger charge is -2.10. The Morgan fingerprint density at radius 2 is 1.77 bits per heavy atom. The Hall–Kier alpha value is -3.43. The molecule has 0 aliphatic heterocycles. The summed E-state index contributed by atoms with van der Waals surface area (Å²) in [6.07, 6.45) is -4.54. The number of nitrogens with one attached hydrogen (secondary N) is 2. The van der Waals surface area contributed by atoms with Gasteiger partial charge in [0.1, 0.15) is 0 Å². The van der Waals surface area contributed by atoms with Crippen LogP contribution in [0.3, 0.4) is 0 Å². The number of hydrogen-bond donors (Lipinski definition) is 2. The zero-order valence-electron chi connectivity index (χ0n) is 13.0. The van der Waals surface area contributed by atoms with Gasteiger partial charge in [-0.25, -0.2) is 0 Å². The van der Waals surface area contributed by atoms with E-state index >= 15 is 0 Å². The summed E-state index contributed by atoms with van der Waals surface area (Å²) in [5.74, 6) is -1.48. The van der Waals surface area contributed by atoms with Crippen LogP contribution < -0.4 is 10.6 Å². The van der Waals surface area contributed by atoms with Crippen molar-refractivity contribution in [3.05, 3.63) is 69.8 Å². The zero-order chi connectivity index (χ0) is 19.3. The molecule has 0 fully saturated rings. The Bertz CT molecular complexity index is 853. The second-order valence-corrected chi connectivity index (χ2v) is 5.12. The van der Waals surface area contributed by atoms with E-state index in [0.717, 1.165) is 24.3 Å². The summed E-state index contributed by atoms with van der Waals surface area (Å²) < 4.78 is 37.9. The SMILES string of the molecule is O=C(CNC(=O)c1cccc([N+](=O)[O-])c1)Nc1cccc(C(F)(F)F)c1. The molecule has 0 saturated heterocycles. The fourth-order valence-corrected chi connectivity index (χ4v) is 2.00. The number of amides is 2. The van der Waals surface area contributed by atoms with Gasteiger partial charge in [0.05, 0.1) is 17.0 Å². The molecule has 2 N–H and O–H groups in total. The normalized spacial score (nSPS) is 10.9. The molecule has 0 aliphatic carbocycles. The topological polar surface area (TPSA) is 101 Å². The fraction of sp³-hybridized carbons (Fsp3) is 0.125. The molecule has 0 spiro atoms. The van der Waals surface area contributed by atoms with Crippen LogP contribution in [-0.4, -0.2) is 23.3 Å². The maximum atomic E-state index is 12.6. The quantitative estimate of drug-likeness (QED) is 0.627. The van der Waals surface area contributed by atoms with Gasteiger partial charge in [0.25, 0.3) is 11.6 Å². The van der Waals surface area contributed by atoms with Crippen LogP contribution in [0, 0.1) is 10.1 Å². The zero-order valence-corrected chi connectivity index (χ0v) is 13.0. The summed E-state index contributed by atoms with van der Waals surface area (Å²) in [5.41, 5.74) is -1.30. The van der Waals surface area contributed by atoms with Crippen LogP contribution in [0.15, 0.2) is 48.5 Å². The first-order valence-corrected chi connectivity index (χ1v) is 7.16. The summed E-state index contributed by atoms with van der Waals surface area (Å²) in [5, 5.41) is 15.1. The van der Waals surface area contributed by atoms with E-state index in [0.29, 0.717) is 0 Å². The molecule has 136 valence electrons. The van der Waals surface area contributed by atoms with Crippen molar-refractivity contribution in [3.8, 4) is 0 Å². The molecule has 0 unspecified atom stereocenters. The van der Waals surface area contributed by atoms with E-state index in [-0.39, 0.29) is 16.9 Å². The van der Waals surface area contributed by atoms with Crippen molar-refractivity contribution in [2.45, 2.75) is 6.18 Å². The fourth-order valence-electron chi connectivity index (χ4n) is 2.00. The van der Waals surface area contributed by atoms with Crippen molar-refractivity contribution >= 4 is 23.2 Å². The number of nitro benzene ring substituents is 1. The van der Waals surface area contributed by atoms with E-state index in [9.17, 15) is 32.9 Å². The lowest BCUT2D eigenvalue weighted by Crippen LogP contribution is -2.32. The number of nitrogens with zero attached hydrogens (tertiary/aromatic N) is 1. The molecule has 0 saturated carbocycles. The third kappa shape index (κ3) is 5.03. The minimum absolute atomic E-state index is 0.0222. The average Bonchev–Trinajstić information content (AvgIpc) is 2.59. The van der Waals surface area contributed by atoms with Crippen molar-refractivity contribution in [1.82, 2.24) is 5.32 Å². The van der Waals surface area contributed by atoms with Gasteiger partial charge in [-0.05, 0) is 24.3 Å². The van der Waals surface area contributed by atoms with Crippen LogP contribution >= 0.6 is 0 Å². The van der Waals surface area contributed by atoms with E-state index in [4.69, 9.17) is 0 Å². The Morgan fingerprint density at radius 1 is 1.08 bits per heavy atom. The highest BCUT2D eigenvalue weighted by Gasteiger charge is 2.30. The number of nitro groups is 1. The first-order chi connectivity index (χ1) is 12.2. The number of halogens is 3. The summed E-state index contributed by atoms with van der Waals surface area (Å²) in [7, 11) is 0. The Balaban J connectivity index is 1.96. The van der Waals surface area contributed by atoms with Gasteiger partial charge in [0, 0.05) is 23.4 Å². The van der Waals surface area contributed by atoms with Crippen molar-refractivity contribution in [2.75, 3.05) is 11.9 Å². The van der Waals surface area contributed by atoms with Gasteiger partial charge >= 0.3 is 6.18 Å². The number of hydrogen-bond acceptors (Lipinski definition) is 4. The number of carbonyl (C=O) groups excluding carboxylic acids is 2. The predicted octanol–water partition coefficient (Wildman–Crippen LogP) is 2.98. The monoisotopic (exact) mass is 367 g/mol. The molecule has 26 heavy (non-hydrogen) atoms. The molecular formula is C16H12F3N3O4. The van der Waals surface area contributed by atoms with Crippen LogP contribution in [0.25, 0.3) is 0 Å². The molecule has 0 aliphatic rings. The lowest BCUT2D eigenvalue weighted by molar-refractivity contribution is -0.384. The number of rotatable bonds is 5. The summed E-state index contributed by atoms with van der Waals surface area (Å²) in [4.78, 5) is 33.7. The largest absolute Gasteiger partial charge is 0.416 e. The number of non-ortho nitro benzene ring substituents is 1. The van der Waals surface area contributed by atoms with Gasteiger partial charge < -0.3 is 10.6 Å². The lowest BCUT2D eigenvalue weighted by atomic mass is 10.2. The summed E-state index contributed by atoms with van der Waals surface area (Å²) >= 11 is 0. The highest BCUT2D eigenvalue weighted by molar-refractivity contribution is 5.99. The van der Waals surface area contributed by atoms with Crippen LogP contribution in [-0.2, 0) is 11.0 Å².